The third kappa shape index (κ3) is 3.90. The maximum atomic E-state index is 12.9. The zero-order valence-electron chi connectivity index (χ0n) is 16.0. The van der Waals surface area contributed by atoms with Crippen LogP contribution in [0, 0.1) is 4.77 Å². The van der Waals surface area contributed by atoms with Gasteiger partial charge in [0.05, 0.1) is 6.54 Å². The first-order valence-corrected chi connectivity index (χ1v) is 11.1. The lowest BCUT2D eigenvalue weighted by molar-refractivity contribution is 0.0948. The lowest BCUT2D eigenvalue weighted by Crippen LogP contribution is -2.25. The Bertz CT molecular complexity index is 1240. The Balaban J connectivity index is 1.28. The van der Waals surface area contributed by atoms with Gasteiger partial charge in [0, 0.05) is 17.4 Å². The van der Waals surface area contributed by atoms with Crippen LogP contribution in [-0.2, 0) is 12.3 Å². The van der Waals surface area contributed by atoms with Crippen LogP contribution in [0.3, 0.4) is 0 Å². The molecule has 0 radical (unpaired) electrons. The lowest BCUT2D eigenvalue weighted by atomic mass is 10.1. The van der Waals surface area contributed by atoms with Crippen LogP contribution in [0.1, 0.15) is 40.6 Å². The summed E-state index contributed by atoms with van der Waals surface area (Å²) in [4.78, 5) is 17.3. The zero-order chi connectivity index (χ0) is 20.5. The van der Waals surface area contributed by atoms with Crippen molar-refractivity contribution in [1.29, 1.82) is 0 Å². The fourth-order valence-electron chi connectivity index (χ4n) is 3.35. The van der Waals surface area contributed by atoms with E-state index in [2.05, 4.69) is 20.5 Å². The number of carbonyl (C=O) groups is 1. The van der Waals surface area contributed by atoms with Gasteiger partial charge in [0.25, 0.3) is 11.1 Å². The average Bonchev–Trinajstić information content (AvgIpc) is 3.40. The summed E-state index contributed by atoms with van der Waals surface area (Å²) in [5.74, 6) is 1.20. The molecule has 1 fully saturated rings. The number of para-hydroxylation sites is 2. The molecule has 30 heavy (non-hydrogen) atoms. The van der Waals surface area contributed by atoms with Crippen molar-refractivity contribution in [2.75, 3.05) is 0 Å². The normalized spacial score (nSPS) is 13.6. The summed E-state index contributed by atoms with van der Waals surface area (Å²) in [6.07, 6.45) is 2.20. The molecule has 2 N–H and O–H groups in total. The molecular weight excluding hydrogens is 418 g/mol. The van der Waals surface area contributed by atoms with Crippen molar-refractivity contribution in [3.8, 4) is 0 Å². The van der Waals surface area contributed by atoms with Gasteiger partial charge >= 0.3 is 0 Å². The van der Waals surface area contributed by atoms with Gasteiger partial charge in [-0.3, -0.25) is 14.5 Å². The molecule has 0 atom stereocenters. The maximum absolute atomic E-state index is 12.9. The number of nitrogens with zero attached hydrogens (tertiary/aromatic N) is 3. The van der Waals surface area contributed by atoms with E-state index in [0.29, 0.717) is 33.9 Å². The monoisotopic (exact) mass is 437 g/mol. The first-order chi connectivity index (χ1) is 14.7. The molecule has 0 saturated heterocycles. The molecule has 1 aliphatic rings. The van der Waals surface area contributed by atoms with E-state index in [1.165, 1.54) is 11.8 Å². The van der Waals surface area contributed by atoms with Crippen LogP contribution in [0.2, 0.25) is 0 Å². The van der Waals surface area contributed by atoms with Crippen LogP contribution >= 0.6 is 24.0 Å². The van der Waals surface area contributed by atoms with E-state index in [1.54, 1.807) is 0 Å². The number of aromatic nitrogens is 4. The minimum absolute atomic E-state index is 0.139. The number of benzene rings is 2. The van der Waals surface area contributed by atoms with Gasteiger partial charge in [-0.25, -0.2) is 4.98 Å². The highest BCUT2D eigenvalue weighted by Gasteiger charge is 2.27. The number of fused-ring (bicyclic) bond motifs is 1. The van der Waals surface area contributed by atoms with Crippen LogP contribution in [-0.4, -0.2) is 25.7 Å². The second-order valence-electron chi connectivity index (χ2n) is 7.12. The third-order valence-corrected chi connectivity index (χ3v) is 6.15. The molecule has 1 aliphatic carbocycles. The molecule has 7 nitrogen and oxygen atoms in total. The largest absolute Gasteiger partial charge is 0.431 e. The van der Waals surface area contributed by atoms with Crippen molar-refractivity contribution in [2.24, 2.45) is 0 Å². The predicted octanol–water partition coefficient (Wildman–Crippen LogP) is 4.64. The standard InChI is InChI=1S/C21H19N5O2S2/c27-19(22-11-18-24-25-20(29)26(18)14-9-10-14)15-6-2-1-5-13(15)12-30-21-23-16-7-3-4-8-17(16)28-21/h1-8,14H,9-12H2,(H,22,27)(H,25,29). The number of nitrogens with one attached hydrogen (secondary N) is 2. The quantitative estimate of drug-likeness (QED) is 0.323. The molecule has 5 rings (SSSR count). The molecular formula is C21H19N5O2S2. The van der Waals surface area contributed by atoms with E-state index < -0.39 is 0 Å². The lowest BCUT2D eigenvalue weighted by Gasteiger charge is -2.10. The van der Waals surface area contributed by atoms with Crippen LogP contribution in [0.4, 0.5) is 0 Å². The van der Waals surface area contributed by atoms with Gasteiger partial charge in [0.15, 0.2) is 16.2 Å². The Labute approximate surface area is 181 Å². The molecule has 2 aromatic carbocycles. The van der Waals surface area contributed by atoms with E-state index in [1.807, 2.05) is 53.1 Å². The molecule has 152 valence electrons. The van der Waals surface area contributed by atoms with Crippen molar-refractivity contribution in [1.82, 2.24) is 25.1 Å². The molecule has 0 bridgehead atoms. The molecule has 0 spiro atoms. The summed E-state index contributed by atoms with van der Waals surface area (Å²) in [6.45, 7) is 0.328. The van der Waals surface area contributed by atoms with Gasteiger partial charge < -0.3 is 9.73 Å². The highest BCUT2D eigenvalue weighted by atomic mass is 32.2. The first kappa shape index (κ1) is 19.1. The van der Waals surface area contributed by atoms with Crippen LogP contribution in [0.25, 0.3) is 11.1 Å². The number of oxazole rings is 1. The van der Waals surface area contributed by atoms with Crippen LogP contribution in [0.15, 0.2) is 58.2 Å². The SMILES string of the molecule is O=C(NCc1n[nH]c(=S)n1C1CC1)c1ccccc1CSc1nc2ccccc2o1. The number of amides is 1. The predicted molar refractivity (Wildman–Crippen MR) is 117 cm³/mol. The summed E-state index contributed by atoms with van der Waals surface area (Å²) in [6, 6.07) is 15.6. The van der Waals surface area contributed by atoms with Gasteiger partial charge in [0.1, 0.15) is 5.52 Å². The minimum Gasteiger partial charge on any atom is -0.431 e. The van der Waals surface area contributed by atoms with Crippen molar-refractivity contribution >= 4 is 41.0 Å². The summed E-state index contributed by atoms with van der Waals surface area (Å²) in [5, 5.41) is 10.7. The van der Waals surface area contributed by atoms with Gasteiger partial charge in [-0.1, -0.05) is 42.1 Å². The number of carbonyl (C=O) groups excluding carboxylic acids is 1. The van der Waals surface area contributed by atoms with Gasteiger partial charge in [0.2, 0.25) is 0 Å². The Morgan fingerprint density at radius 2 is 2.03 bits per heavy atom. The number of thioether (sulfide) groups is 1. The van der Waals surface area contributed by atoms with Gasteiger partial charge in [-0.15, -0.1) is 0 Å². The van der Waals surface area contributed by atoms with Crippen LogP contribution < -0.4 is 5.32 Å². The topological polar surface area (TPSA) is 88.7 Å². The fourth-order valence-corrected chi connectivity index (χ4v) is 4.49. The average molecular weight is 438 g/mol. The molecule has 2 aromatic heterocycles. The van der Waals surface area contributed by atoms with Crippen molar-refractivity contribution in [3.63, 3.8) is 0 Å². The second kappa shape index (κ2) is 8.08. The number of aromatic amines is 1. The van der Waals surface area contributed by atoms with E-state index in [4.69, 9.17) is 16.6 Å². The summed E-state index contributed by atoms with van der Waals surface area (Å²) >= 11 is 6.77. The van der Waals surface area contributed by atoms with Gasteiger partial charge in [-0.2, -0.15) is 5.10 Å². The fraction of sp³-hybridized carbons (Fsp3) is 0.238. The zero-order valence-corrected chi connectivity index (χ0v) is 17.6. The summed E-state index contributed by atoms with van der Waals surface area (Å²) < 4.78 is 8.38. The molecule has 1 amide bonds. The number of rotatable bonds is 7. The number of hydrogen-bond acceptors (Lipinski definition) is 6. The number of H-pyrrole nitrogens is 1. The van der Waals surface area contributed by atoms with Gasteiger partial charge in [-0.05, 0) is 48.8 Å². The highest BCUT2D eigenvalue weighted by molar-refractivity contribution is 7.98. The Kier molecular flexibility index (Phi) is 5.14. The Morgan fingerprint density at radius 1 is 1.23 bits per heavy atom. The molecule has 2 heterocycles. The van der Waals surface area contributed by atoms with Crippen molar-refractivity contribution in [3.05, 3.63) is 70.3 Å². The number of hydrogen-bond donors (Lipinski definition) is 2. The van der Waals surface area contributed by atoms with Crippen molar-refractivity contribution < 1.29 is 9.21 Å². The summed E-state index contributed by atoms with van der Waals surface area (Å²) in [7, 11) is 0. The smallest absolute Gasteiger partial charge is 0.257 e. The van der Waals surface area contributed by atoms with Crippen molar-refractivity contribution in [2.45, 2.75) is 36.4 Å². The maximum Gasteiger partial charge on any atom is 0.257 e. The third-order valence-electron chi connectivity index (χ3n) is 4.98. The first-order valence-electron chi connectivity index (χ1n) is 9.69. The van der Waals surface area contributed by atoms with E-state index in [0.717, 1.165) is 35.3 Å². The molecule has 0 aliphatic heterocycles. The Hall–Kier alpha value is -2.91. The van der Waals surface area contributed by atoms with Crippen LogP contribution in [0.5, 0.6) is 0 Å². The molecule has 0 unspecified atom stereocenters. The molecule has 1 saturated carbocycles. The second-order valence-corrected chi connectivity index (χ2v) is 8.44. The van der Waals surface area contributed by atoms with E-state index in [9.17, 15) is 4.79 Å². The minimum atomic E-state index is -0.139. The molecule has 4 aromatic rings. The van der Waals surface area contributed by atoms with E-state index in [-0.39, 0.29) is 5.91 Å². The van der Waals surface area contributed by atoms with E-state index >= 15 is 0 Å². The Morgan fingerprint density at radius 3 is 2.87 bits per heavy atom. The summed E-state index contributed by atoms with van der Waals surface area (Å²) in [5.41, 5.74) is 3.14. The highest BCUT2D eigenvalue weighted by Crippen LogP contribution is 2.35. The molecule has 9 heteroatoms.